The molecule has 0 saturated carbocycles. The first kappa shape index (κ1) is 17.3. The van der Waals surface area contributed by atoms with Crippen molar-refractivity contribution >= 4 is 29.2 Å². The van der Waals surface area contributed by atoms with Crippen LogP contribution in [0.15, 0.2) is 29.3 Å². The van der Waals surface area contributed by atoms with Gasteiger partial charge in [0.2, 0.25) is 5.91 Å². The Morgan fingerprint density at radius 1 is 1.25 bits per heavy atom. The largest absolute Gasteiger partial charge is 0.383 e. The minimum atomic E-state index is -0.206. The molecule has 1 amide bonds. The van der Waals surface area contributed by atoms with Crippen LogP contribution in [0.1, 0.15) is 22.3 Å². The van der Waals surface area contributed by atoms with Gasteiger partial charge in [0.1, 0.15) is 23.0 Å². The highest BCUT2D eigenvalue weighted by molar-refractivity contribution is 8.00. The molecular weight excluding hydrogens is 322 g/mol. The summed E-state index contributed by atoms with van der Waals surface area (Å²) in [6.07, 6.45) is 0. The zero-order chi connectivity index (χ0) is 17.7. The van der Waals surface area contributed by atoms with Crippen molar-refractivity contribution in [3.63, 3.8) is 0 Å². The van der Waals surface area contributed by atoms with Gasteiger partial charge < -0.3 is 11.1 Å². The van der Waals surface area contributed by atoms with Crippen LogP contribution in [0.3, 0.4) is 0 Å². The number of nitrogens with two attached hydrogens (primary N) is 1. The predicted octanol–water partition coefficient (Wildman–Crippen LogP) is 2.75. The number of nitrogens with zero attached hydrogens (tertiary/aromatic N) is 3. The highest BCUT2D eigenvalue weighted by atomic mass is 32.2. The third-order valence-electron chi connectivity index (χ3n) is 3.27. The molecule has 0 unspecified atom stereocenters. The number of rotatable bonds is 4. The number of aryl methyl sites for hydroxylation is 2. The summed E-state index contributed by atoms with van der Waals surface area (Å²) in [5, 5.41) is 21.2. The molecule has 0 aliphatic heterocycles. The highest BCUT2D eigenvalue weighted by Crippen LogP contribution is 2.24. The number of nitrogens with one attached hydrogen (secondary N) is 1. The van der Waals surface area contributed by atoms with Gasteiger partial charge in [0.05, 0.1) is 16.9 Å². The topological polar surface area (TPSA) is 116 Å². The van der Waals surface area contributed by atoms with Gasteiger partial charge in [0, 0.05) is 5.69 Å². The molecule has 0 fully saturated rings. The number of hydrogen-bond acceptors (Lipinski definition) is 6. The summed E-state index contributed by atoms with van der Waals surface area (Å²) in [5.41, 5.74) is 8.82. The average molecular weight is 337 g/mol. The van der Waals surface area contributed by atoms with E-state index in [-0.39, 0.29) is 28.6 Å². The SMILES string of the molecule is Cc1ccc(C)c(NC(=O)CSc2nc(N)c(C#N)cc2C#N)c1. The number of nitriles is 2. The molecule has 0 aliphatic rings. The maximum Gasteiger partial charge on any atom is 0.234 e. The number of aromatic nitrogens is 1. The van der Waals surface area contributed by atoms with Gasteiger partial charge in [-0.3, -0.25) is 4.79 Å². The molecule has 0 bridgehead atoms. The summed E-state index contributed by atoms with van der Waals surface area (Å²) < 4.78 is 0. The van der Waals surface area contributed by atoms with Crippen molar-refractivity contribution < 1.29 is 4.79 Å². The van der Waals surface area contributed by atoms with Crippen molar-refractivity contribution in [1.82, 2.24) is 4.98 Å². The summed E-state index contributed by atoms with van der Waals surface area (Å²) in [6.45, 7) is 3.87. The van der Waals surface area contributed by atoms with E-state index in [1.165, 1.54) is 6.07 Å². The Morgan fingerprint density at radius 2 is 1.96 bits per heavy atom. The van der Waals surface area contributed by atoms with Crippen molar-refractivity contribution in [3.8, 4) is 12.1 Å². The molecule has 0 radical (unpaired) electrons. The van der Waals surface area contributed by atoms with Crippen LogP contribution < -0.4 is 11.1 Å². The van der Waals surface area contributed by atoms with Crippen LogP contribution in [-0.2, 0) is 4.79 Å². The summed E-state index contributed by atoms with van der Waals surface area (Å²) in [5.74, 6) is -0.0725. The molecule has 3 N–H and O–H groups in total. The zero-order valence-electron chi connectivity index (χ0n) is 13.3. The van der Waals surface area contributed by atoms with Crippen LogP contribution in [0.25, 0.3) is 0 Å². The lowest BCUT2D eigenvalue weighted by molar-refractivity contribution is -0.113. The second kappa shape index (κ2) is 7.49. The molecule has 0 atom stereocenters. The quantitative estimate of drug-likeness (QED) is 0.829. The maximum absolute atomic E-state index is 12.1. The molecule has 1 aromatic heterocycles. The Morgan fingerprint density at radius 3 is 2.62 bits per heavy atom. The summed E-state index contributed by atoms with van der Waals surface area (Å²) >= 11 is 1.11. The zero-order valence-corrected chi connectivity index (χ0v) is 14.1. The Balaban J connectivity index is 2.10. The van der Waals surface area contributed by atoms with E-state index in [1.807, 2.05) is 44.2 Å². The van der Waals surface area contributed by atoms with Crippen molar-refractivity contribution in [2.24, 2.45) is 0 Å². The van der Waals surface area contributed by atoms with Crippen LogP contribution >= 0.6 is 11.8 Å². The molecule has 0 saturated heterocycles. The van der Waals surface area contributed by atoms with E-state index in [9.17, 15) is 4.79 Å². The molecule has 1 aromatic carbocycles. The minimum Gasteiger partial charge on any atom is -0.383 e. The fourth-order valence-electron chi connectivity index (χ4n) is 1.98. The molecule has 7 heteroatoms. The summed E-state index contributed by atoms with van der Waals surface area (Å²) in [6, 6.07) is 11.0. The van der Waals surface area contributed by atoms with E-state index >= 15 is 0 Å². The van der Waals surface area contributed by atoms with Crippen LogP contribution in [0, 0.1) is 36.5 Å². The van der Waals surface area contributed by atoms with Gasteiger partial charge >= 0.3 is 0 Å². The first-order valence-corrected chi connectivity index (χ1v) is 8.03. The normalized spacial score (nSPS) is 9.83. The van der Waals surface area contributed by atoms with E-state index in [4.69, 9.17) is 16.3 Å². The molecule has 2 rings (SSSR count). The number of carbonyl (C=O) groups is 1. The molecule has 0 aliphatic carbocycles. The molecule has 0 spiro atoms. The number of amides is 1. The number of anilines is 2. The molecule has 24 heavy (non-hydrogen) atoms. The first-order chi connectivity index (χ1) is 11.4. The fourth-order valence-corrected chi connectivity index (χ4v) is 2.74. The number of pyridine rings is 1. The van der Waals surface area contributed by atoms with Crippen LogP contribution in [-0.4, -0.2) is 16.6 Å². The number of benzene rings is 1. The fraction of sp³-hybridized carbons (Fsp3) is 0.176. The van der Waals surface area contributed by atoms with E-state index in [2.05, 4.69) is 10.3 Å². The number of carbonyl (C=O) groups excluding carboxylic acids is 1. The van der Waals surface area contributed by atoms with Crippen molar-refractivity contribution in [2.75, 3.05) is 16.8 Å². The Kier molecular flexibility index (Phi) is 5.41. The molecule has 1 heterocycles. The van der Waals surface area contributed by atoms with Crippen molar-refractivity contribution in [2.45, 2.75) is 18.9 Å². The first-order valence-electron chi connectivity index (χ1n) is 7.05. The lowest BCUT2D eigenvalue weighted by Crippen LogP contribution is -2.15. The number of nitrogen functional groups attached to an aromatic ring is 1. The molecule has 2 aromatic rings. The lowest BCUT2D eigenvalue weighted by atomic mass is 10.1. The Labute approximate surface area is 144 Å². The Hall–Kier alpha value is -3.03. The van der Waals surface area contributed by atoms with Gasteiger partial charge in [-0.05, 0) is 37.1 Å². The highest BCUT2D eigenvalue weighted by Gasteiger charge is 2.13. The Bertz CT molecular complexity index is 880. The minimum absolute atomic E-state index is 0.0499. The number of thioether (sulfide) groups is 1. The van der Waals surface area contributed by atoms with Gasteiger partial charge in [-0.1, -0.05) is 23.9 Å². The monoisotopic (exact) mass is 337 g/mol. The van der Waals surface area contributed by atoms with Gasteiger partial charge in [-0.15, -0.1) is 0 Å². The third-order valence-corrected chi connectivity index (χ3v) is 4.26. The van der Waals surface area contributed by atoms with Crippen LogP contribution in [0.4, 0.5) is 11.5 Å². The van der Waals surface area contributed by atoms with Crippen LogP contribution in [0.5, 0.6) is 0 Å². The lowest BCUT2D eigenvalue weighted by Gasteiger charge is -2.10. The summed E-state index contributed by atoms with van der Waals surface area (Å²) in [7, 11) is 0. The number of hydrogen-bond donors (Lipinski definition) is 2. The summed E-state index contributed by atoms with van der Waals surface area (Å²) in [4.78, 5) is 16.2. The van der Waals surface area contributed by atoms with Gasteiger partial charge in [-0.2, -0.15) is 10.5 Å². The maximum atomic E-state index is 12.1. The van der Waals surface area contributed by atoms with Gasteiger partial charge in [-0.25, -0.2) is 4.98 Å². The molecule has 120 valence electrons. The van der Waals surface area contributed by atoms with E-state index in [0.717, 1.165) is 28.6 Å². The van der Waals surface area contributed by atoms with Crippen molar-refractivity contribution in [1.29, 1.82) is 10.5 Å². The van der Waals surface area contributed by atoms with Gasteiger partial charge in [0.25, 0.3) is 0 Å². The van der Waals surface area contributed by atoms with E-state index < -0.39 is 0 Å². The van der Waals surface area contributed by atoms with Gasteiger partial charge in [0.15, 0.2) is 0 Å². The second-order valence-electron chi connectivity index (χ2n) is 5.15. The average Bonchev–Trinajstić information content (AvgIpc) is 2.56. The smallest absolute Gasteiger partial charge is 0.234 e. The molecular formula is C17H15N5OS. The third kappa shape index (κ3) is 4.03. The van der Waals surface area contributed by atoms with Crippen LogP contribution in [0.2, 0.25) is 0 Å². The second-order valence-corrected chi connectivity index (χ2v) is 6.12. The van der Waals surface area contributed by atoms with Crippen molar-refractivity contribution in [3.05, 3.63) is 46.5 Å². The van der Waals surface area contributed by atoms with E-state index in [1.54, 1.807) is 0 Å². The molecule has 6 nitrogen and oxygen atoms in total. The standard InChI is InChI=1S/C17H15N5OS/c1-10-3-4-11(2)14(5-10)21-15(23)9-24-17-13(8-19)6-12(7-18)16(20)22-17/h3-6H,9H2,1-2H3,(H2,20,22)(H,21,23). The van der Waals surface area contributed by atoms with E-state index in [0.29, 0.717) is 5.03 Å². The predicted molar refractivity (Wildman–Crippen MR) is 93.3 cm³/mol.